The molecule has 3 N–H and O–H groups in total. The van der Waals surface area contributed by atoms with E-state index in [2.05, 4.69) is 21.2 Å². The van der Waals surface area contributed by atoms with Gasteiger partial charge in [-0.15, -0.1) is 0 Å². The van der Waals surface area contributed by atoms with Gasteiger partial charge in [0.25, 0.3) is 0 Å². The molecular formula is C22H27N5O3. The first-order valence-electron chi connectivity index (χ1n) is 10.3. The van der Waals surface area contributed by atoms with Crippen LogP contribution in [-0.2, 0) is 9.59 Å². The number of carbonyl (C=O) groups excluding carboxylic acids is 2. The third-order valence-corrected chi connectivity index (χ3v) is 5.78. The minimum Gasteiger partial charge on any atom is -0.497 e. The fraction of sp³-hybridized carbons (Fsp3) is 0.409. The molecule has 158 valence electrons. The number of hydrogen-bond donors (Lipinski definition) is 3. The van der Waals surface area contributed by atoms with Crippen molar-refractivity contribution in [1.29, 1.82) is 0 Å². The maximum absolute atomic E-state index is 12.9. The second kappa shape index (κ2) is 9.23. The average molecular weight is 409 g/mol. The Morgan fingerprint density at radius 1 is 1.10 bits per heavy atom. The molecule has 2 amide bonds. The number of nitrogens with one attached hydrogen (secondary N) is 3. The van der Waals surface area contributed by atoms with Crippen LogP contribution in [0.1, 0.15) is 31.0 Å². The van der Waals surface area contributed by atoms with Gasteiger partial charge in [-0.2, -0.15) is 0 Å². The second-order valence-electron chi connectivity index (χ2n) is 7.70. The largest absolute Gasteiger partial charge is 0.497 e. The summed E-state index contributed by atoms with van der Waals surface area (Å²) in [7, 11) is 1.61. The Bertz CT molecular complexity index is 866. The fourth-order valence-corrected chi connectivity index (χ4v) is 4.00. The van der Waals surface area contributed by atoms with Gasteiger partial charge in [0.2, 0.25) is 11.8 Å². The lowest BCUT2D eigenvalue weighted by Gasteiger charge is -2.32. The molecule has 2 aliphatic rings. The van der Waals surface area contributed by atoms with Crippen LogP contribution in [0.3, 0.4) is 0 Å². The molecule has 8 nitrogen and oxygen atoms in total. The highest BCUT2D eigenvalue weighted by Gasteiger charge is 2.35. The number of carbonyl (C=O) groups is 2. The molecule has 2 aliphatic heterocycles. The number of likely N-dealkylation sites (tertiary alicyclic amines) is 1. The van der Waals surface area contributed by atoms with Crippen LogP contribution in [0.25, 0.3) is 0 Å². The van der Waals surface area contributed by atoms with Gasteiger partial charge < -0.3 is 15.0 Å². The Hall–Kier alpha value is -2.97. The summed E-state index contributed by atoms with van der Waals surface area (Å²) in [4.78, 5) is 31.7. The van der Waals surface area contributed by atoms with E-state index in [1.165, 1.54) is 0 Å². The smallest absolute Gasteiger partial charge is 0.241 e. The topological polar surface area (TPSA) is 95.6 Å². The van der Waals surface area contributed by atoms with Gasteiger partial charge in [0.05, 0.1) is 18.8 Å². The molecule has 0 aliphatic carbocycles. The van der Waals surface area contributed by atoms with E-state index in [0.717, 1.165) is 17.1 Å². The van der Waals surface area contributed by atoms with Crippen molar-refractivity contribution in [2.45, 2.75) is 31.3 Å². The molecule has 2 atom stereocenters. The zero-order valence-electron chi connectivity index (χ0n) is 17.0. The summed E-state index contributed by atoms with van der Waals surface area (Å²) in [6, 6.07) is 12.8. The molecule has 2 aromatic rings. The average Bonchev–Trinajstić information content (AvgIpc) is 3.30. The summed E-state index contributed by atoms with van der Waals surface area (Å²) in [6.45, 7) is 1.18. The van der Waals surface area contributed by atoms with E-state index in [1.807, 2.05) is 47.4 Å². The monoisotopic (exact) mass is 409 g/mol. The molecule has 3 heterocycles. The summed E-state index contributed by atoms with van der Waals surface area (Å²) in [6.07, 6.45) is 3.75. The van der Waals surface area contributed by atoms with Gasteiger partial charge in [-0.25, -0.2) is 10.9 Å². The number of nitrogens with zero attached hydrogens (tertiary/aromatic N) is 2. The van der Waals surface area contributed by atoms with Gasteiger partial charge in [-0.05, 0) is 55.7 Å². The summed E-state index contributed by atoms with van der Waals surface area (Å²) in [5.41, 5.74) is 7.96. The van der Waals surface area contributed by atoms with Gasteiger partial charge in [-0.1, -0.05) is 6.07 Å². The van der Waals surface area contributed by atoms with Crippen molar-refractivity contribution in [2.24, 2.45) is 5.92 Å². The van der Waals surface area contributed by atoms with E-state index in [9.17, 15) is 9.59 Å². The lowest BCUT2D eigenvalue weighted by atomic mass is 9.95. The molecule has 2 fully saturated rings. The number of ether oxygens (including phenoxy) is 1. The Labute approximate surface area is 176 Å². The molecule has 0 saturated carbocycles. The molecule has 1 aromatic carbocycles. The quantitative estimate of drug-likeness (QED) is 0.698. The summed E-state index contributed by atoms with van der Waals surface area (Å²) in [5.74, 6) is 0.741. The summed E-state index contributed by atoms with van der Waals surface area (Å²) in [5, 5.41) is 2.96. The minimum atomic E-state index is -0.276. The molecule has 4 rings (SSSR count). The Balaban J connectivity index is 1.25. The van der Waals surface area contributed by atoms with Crippen molar-refractivity contribution in [3.05, 3.63) is 54.4 Å². The van der Waals surface area contributed by atoms with Crippen LogP contribution >= 0.6 is 0 Å². The van der Waals surface area contributed by atoms with Crippen molar-refractivity contribution in [1.82, 2.24) is 20.7 Å². The lowest BCUT2D eigenvalue weighted by molar-refractivity contribution is -0.136. The van der Waals surface area contributed by atoms with Crippen LogP contribution in [-0.4, -0.2) is 47.9 Å². The normalized spacial score (nSPS) is 22.0. The number of methoxy groups -OCH3 is 1. The molecule has 1 aromatic heterocycles. The van der Waals surface area contributed by atoms with E-state index in [-0.39, 0.29) is 29.8 Å². The van der Waals surface area contributed by atoms with Crippen LogP contribution < -0.4 is 20.9 Å². The molecule has 0 radical (unpaired) electrons. The highest BCUT2D eigenvalue weighted by atomic mass is 16.5. The molecule has 2 unspecified atom stereocenters. The van der Waals surface area contributed by atoms with E-state index in [0.29, 0.717) is 32.4 Å². The number of aromatic nitrogens is 1. The van der Waals surface area contributed by atoms with Crippen LogP contribution in [0.15, 0.2) is 48.7 Å². The lowest BCUT2D eigenvalue weighted by Crippen LogP contribution is -2.49. The standard InChI is InChI=1S/C22H27N5O3/c1-30-17-7-5-16(6-8-17)24-21(28)15-9-12-27(13-10-15)22(29)20-14-19(25-26-20)18-4-2-3-11-23-18/h2-8,11,15,19-20,25-26H,9-10,12-14H2,1H3,(H,24,28). The predicted octanol–water partition coefficient (Wildman–Crippen LogP) is 1.88. The van der Waals surface area contributed by atoms with Gasteiger partial charge in [0.15, 0.2) is 0 Å². The van der Waals surface area contributed by atoms with Crippen molar-refractivity contribution in [3.63, 3.8) is 0 Å². The number of hydrogen-bond acceptors (Lipinski definition) is 6. The first-order valence-corrected chi connectivity index (χ1v) is 10.3. The van der Waals surface area contributed by atoms with Crippen molar-refractivity contribution < 1.29 is 14.3 Å². The summed E-state index contributed by atoms with van der Waals surface area (Å²) >= 11 is 0. The first kappa shape index (κ1) is 20.3. The van der Waals surface area contributed by atoms with E-state index in [4.69, 9.17) is 4.74 Å². The van der Waals surface area contributed by atoms with Gasteiger partial charge >= 0.3 is 0 Å². The third kappa shape index (κ3) is 4.60. The molecule has 0 spiro atoms. The van der Waals surface area contributed by atoms with Gasteiger partial charge in [0, 0.05) is 30.9 Å². The number of pyridine rings is 1. The van der Waals surface area contributed by atoms with Gasteiger partial charge in [-0.3, -0.25) is 14.6 Å². The molecular weight excluding hydrogens is 382 g/mol. The number of amides is 2. The van der Waals surface area contributed by atoms with E-state index in [1.54, 1.807) is 13.3 Å². The van der Waals surface area contributed by atoms with E-state index < -0.39 is 0 Å². The number of anilines is 1. The maximum Gasteiger partial charge on any atom is 0.241 e. The zero-order valence-corrected chi connectivity index (χ0v) is 17.0. The molecule has 0 bridgehead atoms. The Morgan fingerprint density at radius 3 is 2.53 bits per heavy atom. The minimum absolute atomic E-state index is 0.00291. The van der Waals surface area contributed by atoms with Crippen molar-refractivity contribution in [2.75, 3.05) is 25.5 Å². The Morgan fingerprint density at radius 2 is 1.87 bits per heavy atom. The maximum atomic E-state index is 12.9. The first-order chi connectivity index (χ1) is 14.6. The SMILES string of the molecule is COc1ccc(NC(=O)C2CCN(C(=O)C3CC(c4ccccn4)NN3)CC2)cc1. The zero-order chi connectivity index (χ0) is 20.9. The molecule has 2 saturated heterocycles. The highest BCUT2D eigenvalue weighted by Crippen LogP contribution is 2.25. The Kier molecular flexibility index (Phi) is 6.25. The van der Waals surface area contributed by atoms with E-state index >= 15 is 0 Å². The molecule has 8 heteroatoms. The second-order valence-corrected chi connectivity index (χ2v) is 7.70. The van der Waals surface area contributed by atoms with Gasteiger partial charge in [0.1, 0.15) is 11.8 Å². The van der Waals surface area contributed by atoms with Crippen LogP contribution in [0.5, 0.6) is 5.75 Å². The van der Waals surface area contributed by atoms with Crippen molar-refractivity contribution >= 4 is 17.5 Å². The van der Waals surface area contributed by atoms with Crippen LogP contribution in [0, 0.1) is 5.92 Å². The van der Waals surface area contributed by atoms with Crippen LogP contribution in [0.4, 0.5) is 5.69 Å². The molecule has 30 heavy (non-hydrogen) atoms. The number of hydrazine groups is 1. The third-order valence-electron chi connectivity index (χ3n) is 5.78. The number of piperidine rings is 1. The number of benzene rings is 1. The highest BCUT2D eigenvalue weighted by molar-refractivity contribution is 5.93. The fourth-order valence-electron chi connectivity index (χ4n) is 4.00. The van der Waals surface area contributed by atoms with Crippen molar-refractivity contribution in [3.8, 4) is 5.75 Å². The summed E-state index contributed by atoms with van der Waals surface area (Å²) < 4.78 is 5.14. The predicted molar refractivity (Wildman–Crippen MR) is 113 cm³/mol. The number of rotatable bonds is 5. The van der Waals surface area contributed by atoms with Crippen LogP contribution in [0.2, 0.25) is 0 Å².